The van der Waals surface area contributed by atoms with Crippen LogP contribution in [-0.2, 0) is 4.74 Å². The van der Waals surface area contributed by atoms with Crippen LogP contribution in [0.1, 0.15) is 10.4 Å². The van der Waals surface area contributed by atoms with Gasteiger partial charge in [0.1, 0.15) is 37.8 Å². The summed E-state index contributed by atoms with van der Waals surface area (Å²) in [6.07, 6.45) is 0. The van der Waals surface area contributed by atoms with Crippen molar-refractivity contribution < 1.29 is 55.3 Å². The number of methoxy groups -OCH3 is 1. The van der Waals surface area contributed by atoms with Crippen molar-refractivity contribution in [2.45, 2.75) is 0 Å². The van der Waals surface area contributed by atoms with Crippen LogP contribution in [0.3, 0.4) is 0 Å². The van der Waals surface area contributed by atoms with Gasteiger partial charge in [0.25, 0.3) is 0 Å². The molecule has 0 bridgehead atoms. The van der Waals surface area contributed by atoms with E-state index in [2.05, 4.69) is 16.2 Å². The first-order valence-electron chi connectivity index (χ1n) is 5.78. The normalized spacial score (nSPS) is 8.95. The Morgan fingerprint density at radius 2 is 1.45 bits per heavy atom. The Hall–Kier alpha value is -1.21. The second kappa shape index (κ2) is 11.6. The van der Waals surface area contributed by atoms with Crippen LogP contribution in [-0.4, -0.2) is 39.4 Å². The first kappa shape index (κ1) is 21.1. The van der Waals surface area contributed by atoms with Crippen molar-refractivity contribution in [1.82, 2.24) is 0 Å². The third-order valence-electron chi connectivity index (χ3n) is 2.13. The summed E-state index contributed by atoms with van der Waals surface area (Å²) in [6.45, 7) is 2.27. The third-order valence-corrected chi connectivity index (χ3v) is 2.13. The van der Waals surface area contributed by atoms with Crippen LogP contribution < -0.4 is 45.8 Å². The van der Waals surface area contributed by atoms with Crippen molar-refractivity contribution in [3.05, 3.63) is 23.8 Å². The van der Waals surface area contributed by atoms with Gasteiger partial charge in [-0.1, -0.05) is 0 Å². The van der Waals surface area contributed by atoms with Crippen LogP contribution in [0.4, 0.5) is 0 Å². The summed E-state index contributed by atoms with van der Waals surface area (Å²) in [5, 5.41) is 0. The first-order chi connectivity index (χ1) is 8.71. The van der Waals surface area contributed by atoms with Gasteiger partial charge in [-0.05, 0) is 12.1 Å². The van der Waals surface area contributed by atoms with Crippen molar-refractivity contribution in [2.24, 2.45) is 0 Å². The molecule has 6 N–H and O–H groups in total. The Morgan fingerprint density at radius 1 is 1.00 bits per heavy atom. The molecule has 1 aromatic carbocycles. The molecule has 0 unspecified atom stereocenters. The number of hydrogen-bond donors (Lipinski definition) is 2. The Morgan fingerprint density at radius 3 is 1.80 bits per heavy atom. The summed E-state index contributed by atoms with van der Waals surface area (Å²) in [6, 6.07) is 4.98. The van der Waals surface area contributed by atoms with Gasteiger partial charge in [0.2, 0.25) is 0 Å². The average molecular weight is 327 g/mol. The molecule has 0 aliphatic rings. The second-order valence-electron chi connectivity index (χ2n) is 3.59. The van der Waals surface area contributed by atoms with Gasteiger partial charge in [-0.15, -0.1) is 0 Å². The molecule has 20 heavy (non-hydrogen) atoms. The molecular weight excluding hydrogens is 307 g/mol. The maximum atomic E-state index is 11.5. The molecule has 0 fully saturated rings. The molecule has 1 rings (SSSR count). The summed E-state index contributed by atoms with van der Waals surface area (Å²) >= 11 is 0. The molecular formula is C12H20Cl2N2O4. The molecule has 1 aromatic rings. The molecule has 0 amide bonds. The number of esters is 1. The molecule has 0 aliphatic carbocycles. The van der Waals surface area contributed by atoms with Crippen molar-refractivity contribution in [2.75, 3.05) is 33.4 Å². The van der Waals surface area contributed by atoms with E-state index in [0.717, 1.165) is 0 Å². The highest BCUT2D eigenvalue weighted by molar-refractivity contribution is 5.90. The highest BCUT2D eigenvalue weighted by Crippen LogP contribution is 2.23. The Kier molecular flexibility index (Phi) is 12.2. The zero-order chi connectivity index (χ0) is 13.4. The molecule has 0 atom stereocenters. The monoisotopic (exact) mass is 326 g/mol. The highest BCUT2D eigenvalue weighted by atomic mass is 35.5. The topological polar surface area (TPSA) is 100 Å². The van der Waals surface area contributed by atoms with E-state index >= 15 is 0 Å². The fourth-order valence-corrected chi connectivity index (χ4v) is 1.35. The van der Waals surface area contributed by atoms with Gasteiger partial charge in [0, 0.05) is 6.07 Å². The van der Waals surface area contributed by atoms with E-state index in [1.165, 1.54) is 7.11 Å². The fraction of sp³-hybridized carbons (Fsp3) is 0.417. The van der Waals surface area contributed by atoms with Gasteiger partial charge < -0.3 is 50.5 Å². The summed E-state index contributed by atoms with van der Waals surface area (Å²) in [5.74, 6) is 0.718. The van der Waals surface area contributed by atoms with E-state index in [-0.39, 0.29) is 24.8 Å². The largest absolute Gasteiger partial charge is 1.00 e. The zero-order valence-electron chi connectivity index (χ0n) is 11.4. The summed E-state index contributed by atoms with van der Waals surface area (Å²) < 4.78 is 15.6. The maximum Gasteiger partial charge on any atom is 0.338 e. The quantitative estimate of drug-likeness (QED) is 0.486. The lowest BCUT2D eigenvalue weighted by Gasteiger charge is -2.10. The number of ether oxygens (including phenoxy) is 3. The molecule has 0 saturated heterocycles. The smallest absolute Gasteiger partial charge is 0.338 e. The van der Waals surface area contributed by atoms with Crippen molar-refractivity contribution in [3.8, 4) is 11.5 Å². The van der Waals surface area contributed by atoms with Gasteiger partial charge >= 0.3 is 5.97 Å². The predicted octanol–water partition coefficient (Wildman–Crippen LogP) is -7.28. The van der Waals surface area contributed by atoms with E-state index in [9.17, 15) is 4.79 Å². The molecule has 0 saturated carbocycles. The number of carbonyl (C=O) groups is 1. The lowest BCUT2D eigenvalue weighted by Crippen LogP contribution is -3.00. The zero-order valence-corrected chi connectivity index (χ0v) is 12.9. The van der Waals surface area contributed by atoms with Crippen LogP contribution in [0.5, 0.6) is 11.5 Å². The number of carbonyl (C=O) groups excluding carboxylic acids is 1. The third kappa shape index (κ3) is 6.81. The molecule has 0 spiro atoms. The molecule has 6 nitrogen and oxygen atoms in total. The van der Waals surface area contributed by atoms with Crippen LogP contribution in [0.2, 0.25) is 0 Å². The SMILES string of the molecule is COC(=O)c1cc(OCC[NH3+])cc(OCC[NH3+])c1.[Cl-].[Cl-]. The number of benzene rings is 1. The van der Waals surface area contributed by atoms with Crippen LogP contribution in [0.25, 0.3) is 0 Å². The Bertz CT molecular complexity index is 379. The molecule has 0 aromatic heterocycles. The second-order valence-corrected chi connectivity index (χ2v) is 3.59. The van der Waals surface area contributed by atoms with E-state index in [4.69, 9.17) is 9.47 Å². The average Bonchev–Trinajstić information content (AvgIpc) is 2.41. The predicted molar refractivity (Wildman–Crippen MR) is 64.3 cm³/mol. The van der Waals surface area contributed by atoms with Crippen molar-refractivity contribution >= 4 is 5.97 Å². The van der Waals surface area contributed by atoms with Gasteiger partial charge in [-0.25, -0.2) is 4.79 Å². The van der Waals surface area contributed by atoms with E-state index in [1.807, 2.05) is 0 Å². The molecule has 8 heteroatoms. The van der Waals surface area contributed by atoms with Crippen LogP contribution in [0, 0.1) is 0 Å². The van der Waals surface area contributed by atoms with Gasteiger partial charge in [0.15, 0.2) is 0 Å². The molecule has 0 heterocycles. The number of quaternary nitrogens is 2. The van der Waals surface area contributed by atoms with E-state index in [1.54, 1.807) is 18.2 Å². The first-order valence-corrected chi connectivity index (χ1v) is 5.78. The minimum Gasteiger partial charge on any atom is -1.00 e. The molecule has 116 valence electrons. The number of hydrogen-bond acceptors (Lipinski definition) is 4. The lowest BCUT2D eigenvalue weighted by atomic mass is 10.2. The lowest BCUT2D eigenvalue weighted by molar-refractivity contribution is -0.371. The number of rotatable bonds is 7. The summed E-state index contributed by atoms with van der Waals surface area (Å²) in [4.78, 5) is 11.5. The highest BCUT2D eigenvalue weighted by Gasteiger charge is 2.10. The van der Waals surface area contributed by atoms with E-state index < -0.39 is 5.97 Å². The summed E-state index contributed by atoms with van der Waals surface area (Å²) in [7, 11) is 1.34. The number of halogens is 2. The van der Waals surface area contributed by atoms with Crippen molar-refractivity contribution in [3.63, 3.8) is 0 Å². The molecule has 0 aliphatic heterocycles. The standard InChI is InChI=1S/C12H18N2O4.2ClH/c1-16-12(15)9-6-10(17-4-2-13)8-11(7-9)18-5-3-14;;/h6-8H,2-5,13-14H2,1H3;2*1H. The van der Waals surface area contributed by atoms with E-state index in [0.29, 0.717) is 43.4 Å². The minimum absolute atomic E-state index is 0. The Balaban J connectivity index is 0. The Labute approximate surface area is 130 Å². The maximum absolute atomic E-state index is 11.5. The van der Waals surface area contributed by atoms with Gasteiger partial charge in [0.05, 0.1) is 12.7 Å². The van der Waals surface area contributed by atoms with Crippen LogP contribution in [0.15, 0.2) is 18.2 Å². The van der Waals surface area contributed by atoms with Crippen molar-refractivity contribution in [1.29, 1.82) is 0 Å². The molecule has 0 radical (unpaired) electrons. The summed E-state index contributed by atoms with van der Waals surface area (Å²) in [5.41, 5.74) is 7.78. The van der Waals surface area contributed by atoms with Gasteiger partial charge in [-0.2, -0.15) is 0 Å². The minimum atomic E-state index is -0.422. The fourth-order valence-electron chi connectivity index (χ4n) is 1.35. The van der Waals surface area contributed by atoms with Gasteiger partial charge in [-0.3, -0.25) is 0 Å². The van der Waals surface area contributed by atoms with Crippen LogP contribution >= 0.6 is 0 Å².